The van der Waals surface area contributed by atoms with Crippen LogP contribution < -0.4 is 9.47 Å². The van der Waals surface area contributed by atoms with E-state index in [0.717, 1.165) is 44.1 Å². The Labute approximate surface area is 155 Å². The van der Waals surface area contributed by atoms with Crippen LogP contribution in [0.25, 0.3) is 0 Å². The predicted molar refractivity (Wildman–Crippen MR) is 97.4 cm³/mol. The van der Waals surface area contributed by atoms with Gasteiger partial charge in [-0.25, -0.2) is 0 Å². The second-order valence-corrected chi connectivity index (χ2v) is 7.75. The van der Waals surface area contributed by atoms with Crippen LogP contribution in [0.5, 0.6) is 11.5 Å². The fourth-order valence-corrected chi connectivity index (χ4v) is 4.18. The summed E-state index contributed by atoms with van der Waals surface area (Å²) in [5, 5.41) is 0. The van der Waals surface area contributed by atoms with E-state index in [0.29, 0.717) is 19.1 Å². The van der Waals surface area contributed by atoms with Gasteiger partial charge in [0.15, 0.2) is 11.5 Å². The topological polar surface area (TPSA) is 51.2 Å². The molecular weight excluding hydrogens is 332 g/mol. The average Bonchev–Trinajstić information content (AvgIpc) is 2.81. The molecule has 0 radical (unpaired) electrons. The molecule has 6 heteroatoms. The SMILES string of the molecule is CC(C)N1C[C@H]2CN(Cc3ccc4c(c3)OCCO4)CC[C@@H]2OCC1=O. The molecule has 2 saturated heterocycles. The maximum absolute atomic E-state index is 12.3. The first-order valence-corrected chi connectivity index (χ1v) is 9.62. The average molecular weight is 360 g/mol. The molecule has 1 aromatic carbocycles. The number of carbonyl (C=O) groups is 1. The third-order valence-corrected chi connectivity index (χ3v) is 5.56. The normalized spacial score (nSPS) is 26.6. The molecule has 4 rings (SSSR count). The molecule has 0 aromatic heterocycles. The first-order valence-electron chi connectivity index (χ1n) is 9.62. The van der Waals surface area contributed by atoms with Gasteiger partial charge in [0.1, 0.15) is 19.8 Å². The zero-order chi connectivity index (χ0) is 18.1. The van der Waals surface area contributed by atoms with Crippen molar-refractivity contribution in [1.82, 2.24) is 9.80 Å². The van der Waals surface area contributed by atoms with Crippen LogP contribution in [0.3, 0.4) is 0 Å². The molecule has 0 bridgehead atoms. The smallest absolute Gasteiger partial charge is 0.248 e. The summed E-state index contributed by atoms with van der Waals surface area (Å²) in [6, 6.07) is 6.43. The van der Waals surface area contributed by atoms with Gasteiger partial charge in [-0.3, -0.25) is 9.69 Å². The lowest BCUT2D eigenvalue weighted by Gasteiger charge is -2.38. The number of benzene rings is 1. The van der Waals surface area contributed by atoms with Crippen LogP contribution >= 0.6 is 0 Å². The molecule has 2 fully saturated rings. The van der Waals surface area contributed by atoms with E-state index < -0.39 is 0 Å². The van der Waals surface area contributed by atoms with E-state index in [9.17, 15) is 4.79 Å². The quantitative estimate of drug-likeness (QED) is 0.824. The number of nitrogens with zero attached hydrogens (tertiary/aromatic N) is 2. The van der Waals surface area contributed by atoms with Crippen molar-refractivity contribution in [2.45, 2.75) is 39.0 Å². The third kappa shape index (κ3) is 3.67. The summed E-state index contributed by atoms with van der Waals surface area (Å²) in [5.74, 6) is 2.17. The molecule has 1 aromatic rings. The van der Waals surface area contributed by atoms with Gasteiger partial charge < -0.3 is 19.1 Å². The van der Waals surface area contributed by atoms with Crippen LogP contribution in [0.1, 0.15) is 25.8 Å². The monoisotopic (exact) mass is 360 g/mol. The number of ether oxygens (including phenoxy) is 3. The first kappa shape index (κ1) is 17.6. The van der Waals surface area contributed by atoms with Crippen molar-refractivity contribution >= 4 is 5.91 Å². The molecule has 142 valence electrons. The lowest BCUT2D eigenvalue weighted by molar-refractivity contribution is -0.136. The molecule has 3 aliphatic heterocycles. The summed E-state index contributed by atoms with van der Waals surface area (Å²) >= 11 is 0. The van der Waals surface area contributed by atoms with Gasteiger partial charge in [-0.15, -0.1) is 0 Å². The Morgan fingerprint density at radius 3 is 2.77 bits per heavy atom. The van der Waals surface area contributed by atoms with Gasteiger partial charge in [-0.2, -0.15) is 0 Å². The Bertz CT molecular complexity index is 663. The molecule has 0 saturated carbocycles. The number of carbonyl (C=O) groups excluding carboxylic acids is 1. The predicted octanol–water partition coefficient (Wildman–Crippen LogP) is 1.92. The Morgan fingerprint density at radius 1 is 1.15 bits per heavy atom. The highest BCUT2D eigenvalue weighted by Crippen LogP contribution is 2.32. The highest BCUT2D eigenvalue weighted by Gasteiger charge is 2.36. The molecule has 3 aliphatic rings. The minimum Gasteiger partial charge on any atom is -0.486 e. The fourth-order valence-electron chi connectivity index (χ4n) is 4.18. The second-order valence-electron chi connectivity index (χ2n) is 7.75. The second kappa shape index (κ2) is 7.45. The van der Waals surface area contributed by atoms with E-state index >= 15 is 0 Å². The molecular formula is C20H28N2O4. The standard InChI is InChI=1S/C20H28N2O4/c1-14(2)22-12-16-11-21(6-5-17(16)26-13-20(22)23)10-15-3-4-18-19(9-15)25-8-7-24-18/h3-4,9,14,16-17H,5-8,10-13H2,1-2H3/t16-,17+/m1/s1. The van der Waals surface area contributed by atoms with E-state index in [-0.39, 0.29) is 24.7 Å². The van der Waals surface area contributed by atoms with Crippen LogP contribution in [0.2, 0.25) is 0 Å². The summed E-state index contributed by atoms with van der Waals surface area (Å²) in [7, 11) is 0. The molecule has 0 aliphatic carbocycles. The highest BCUT2D eigenvalue weighted by atomic mass is 16.6. The number of hydrogen-bond acceptors (Lipinski definition) is 5. The van der Waals surface area contributed by atoms with E-state index in [4.69, 9.17) is 14.2 Å². The van der Waals surface area contributed by atoms with Gasteiger partial charge in [-0.05, 0) is 38.0 Å². The van der Waals surface area contributed by atoms with Gasteiger partial charge >= 0.3 is 0 Å². The lowest BCUT2D eigenvalue weighted by Crippen LogP contribution is -2.48. The Hall–Kier alpha value is -1.79. The molecule has 3 heterocycles. The van der Waals surface area contributed by atoms with Gasteiger partial charge in [0, 0.05) is 38.1 Å². The highest BCUT2D eigenvalue weighted by molar-refractivity contribution is 5.78. The molecule has 0 spiro atoms. The number of hydrogen-bond donors (Lipinski definition) is 0. The molecule has 0 N–H and O–H groups in total. The van der Waals surface area contributed by atoms with Crippen LogP contribution in [-0.2, 0) is 16.1 Å². The van der Waals surface area contributed by atoms with Gasteiger partial charge in [0.05, 0.1) is 6.10 Å². The van der Waals surface area contributed by atoms with Crippen molar-refractivity contribution in [3.05, 3.63) is 23.8 Å². The summed E-state index contributed by atoms with van der Waals surface area (Å²) < 4.78 is 17.2. The zero-order valence-electron chi connectivity index (χ0n) is 15.6. The van der Waals surface area contributed by atoms with Crippen LogP contribution in [0.4, 0.5) is 0 Å². The van der Waals surface area contributed by atoms with E-state index in [1.165, 1.54) is 5.56 Å². The molecule has 1 amide bonds. The Kier molecular flexibility index (Phi) is 5.05. The van der Waals surface area contributed by atoms with Crippen molar-refractivity contribution in [3.8, 4) is 11.5 Å². The molecule has 0 unspecified atom stereocenters. The van der Waals surface area contributed by atoms with E-state index in [1.807, 2.05) is 11.0 Å². The summed E-state index contributed by atoms with van der Waals surface area (Å²) in [6.45, 7) is 9.23. The third-order valence-electron chi connectivity index (χ3n) is 5.56. The van der Waals surface area contributed by atoms with Crippen LogP contribution in [0, 0.1) is 5.92 Å². The summed E-state index contributed by atoms with van der Waals surface area (Å²) in [5.41, 5.74) is 1.24. The van der Waals surface area contributed by atoms with Crippen molar-refractivity contribution in [1.29, 1.82) is 0 Å². The lowest BCUT2D eigenvalue weighted by atomic mass is 9.93. The van der Waals surface area contributed by atoms with Gasteiger partial charge in [-0.1, -0.05) is 6.07 Å². The first-order chi connectivity index (χ1) is 12.6. The minimum absolute atomic E-state index is 0.118. The van der Waals surface area contributed by atoms with Crippen molar-refractivity contribution < 1.29 is 19.0 Å². The van der Waals surface area contributed by atoms with Crippen molar-refractivity contribution in [2.24, 2.45) is 5.92 Å². The summed E-state index contributed by atoms with van der Waals surface area (Å²) in [6.07, 6.45) is 1.17. The number of rotatable bonds is 3. The number of amides is 1. The van der Waals surface area contributed by atoms with E-state index in [1.54, 1.807) is 0 Å². The molecule has 6 nitrogen and oxygen atoms in total. The maximum Gasteiger partial charge on any atom is 0.248 e. The van der Waals surface area contributed by atoms with Gasteiger partial charge in [0.25, 0.3) is 0 Å². The van der Waals surface area contributed by atoms with Crippen molar-refractivity contribution in [2.75, 3.05) is 39.5 Å². The number of piperidine rings is 1. The Morgan fingerprint density at radius 2 is 1.96 bits per heavy atom. The van der Waals surface area contributed by atoms with Crippen molar-refractivity contribution in [3.63, 3.8) is 0 Å². The largest absolute Gasteiger partial charge is 0.486 e. The minimum atomic E-state index is 0.118. The number of fused-ring (bicyclic) bond motifs is 2. The summed E-state index contributed by atoms with van der Waals surface area (Å²) in [4.78, 5) is 16.7. The number of likely N-dealkylation sites (tertiary alicyclic amines) is 1. The van der Waals surface area contributed by atoms with Crippen LogP contribution in [0.15, 0.2) is 18.2 Å². The zero-order valence-corrected chi connectivity index (χ0v) is 15.6. The molecule has 2 atom stereocenters. The fraction of sp³-hybridized carbons (Fsp3) is 0.650. The van der Waals surface area contributed by atoms with E-state index in [2.05, 4.69) is 30.9 Å². The maximum atomic E-state index is 12.3. The van der Waals surface area contributed by atoms with Crippen LogP contribution in [-0.4, -0.2) is 67.3 Å². The Balaban J connectivity index is 1.42. The molecule has 26 heavy (non-hydrogen) atoms. The van der Waals surface area contributed by atoms with Gasteiger partial charge in [0.2, 0.25) is 5.91 Å².